The number of likely N-dealkylation sites (N-methyl/N-ethyl adjacent to an activating group) is 1. The summed E-state index contributed by atoms with van der Waals surface area (Å²) in [4.78, 5) is 22.1. The highest BCUT2D eigenvalue weighted by Crippen LogP contribution is 2.16. The van der Waals surface area contributed by atoms with E-state index in [-0.39, 0.29) is 18.5 Å². The normalized spacial score (nSPS) is 12.4. The van der Waals surface area contributed by atoms with Gasteiger partial charge in [0.15, 0.2) is 0 Å². The fourth-order valence-electron chi connectivity index (χ4n) is 2.05. The number of nitrogens with zero attached hydrogens (tertiary/aromatic N) is 5. The van der Waals surface area contributed by atoms with E-state index >= 15 is 0 Å². The molecule has 0 unspecified atom stereocenters. The summed E-state index contributed by atoms with van der Waals surface area (Å²) in [5, 5.41) is 7.07. The molecule has 21 heavy (non-hydrogen) atoms. The number of anilines is 1. The van der Waals surface area contributed by atoms with E-state index < -0.39 is 0 Å². The molecule has 1 amide bonds. The van der Waals surface area contributed by atoms with Crippen LogP contribution < -0.4 is 5.32 Å². The Labute approximate surface area is 124 Å². The fraction of sp³-hybridized carbons (Fsp3) is 0.429. The molecule has 0 aliphatic carbocycles. The fourth-order valence-corrected chi connectivity index (χ4v) is 2.05. The van der Waals surface area contributed by atoms with Crippen LogP contribution in [0.4, 0.5) is 5.69 Å². The maximum absolute atomic E-state index is 12.1. The zero-order chi connectivity index (χ0) is 15.4. The first-order chi connectivity index (χ1) is 9.97. The molecule has 2 aromatic rings. The summed E-state index contributed by atoms with van der Waals surface area (Å²) in [6, 6.07) is 1.89. The third-order valence-corrected chi connectivity index (χ3v) is 3.37. The maximum Gasteiger partial charge on any atom is 0.238 e. The molecule has 0 fully saturated rings. The summed E-state index contributed by atoms with van der Waals surface area (Å²) in [6.45, 7) is 4.15. The second-order valence-corrected chi connectivity index (χ2v) is 5.08. The Morgan fingerprint density at radius 2 is 2.29 bits per heavy atom. The molecule has 0 aromatic carbocycles. The van der Waals surface area contributed by atoms with Crippen molar-refractivity contribution in [3.63, 3.8) is 0 Å². The quantitative estimate of drug-likeness (QED) is 0.893. The topological polar surface area (TPSA) is 75.9 Å². The molecule has 2 rings (SSSR count). The third-order valence-electron chi connectivity index (χ3n) is 3.37. The van der Waals surface area contributed by atoms with Crippen LogP contribution in [-0.2, 0) is 11.8 Å². The van der Waals surface area contributed by atoms with Gasteiger partial charge in [0.2, 0.25) is 5.91 Å². The van der Waals surface area contributed by atoms with E-state index in [1.807, 2.05) is 38.9 Å². The van der Waals surface area contributed by atoms with Crippen LogP contribution in [0, 0.1) is 6.92 Å². The Morgan fingerprint density at radius 1 is 1.52 bits per heavy atom. The average molecular weight is 288 g/mol. The number of hydrogen-bond acceptors (Lipinski definition) is 5. The number of rotatable bonds is 5. The molecular weight excluding hydrogens is 268 g/mol. The monoisotopic (exact) mass is 288 g/mol. The first-order valence-electron chi connectivity index (χ1n) is 6.73. The van der Waals surface area contributed by atoms with Gasteiger partial charge in [-0.05, 0) is 27.0 Å². The van der Waals surface area contributed by atoms with Gasteiger partial charge in [-0.15, -0.1) is 0 Å². The first kappa shape index (κ1) is 15.1. The Hall–Kier alpha value is -2.28. The molecule has 0 saturated carbocycles. The maximum atomic E-state index is 12.1. The van der Waals surface area contributed by atoms with E-state index in [0.717, 1.165) is 17.1 Å². The van der Waals surface area contributed by atoms with Gasteiger partial charge in [0.25, 0.3) is 0 Å². The van der Waals surface area contributed by atoms with Crippen LogP contribution in [0.5, 0.6) is 0 Å². The van der Waals surface area contributed by atoms with E-state index in [2.05, 4.69) is 20.4 Å². The molecule has 7 nitrogen and oxygen atoms in total. The van der Waals surface area contributed by atoms with E-state index in [9.17, 15) is 4.79 Å². The Kier molecular flexibility index (Phi) is 4.64. The van der Waals surface area contributed by atoms with E-state index in [0.29, 0.717) is 0 Å². The van der Waals surface area contributed by atoms with Crippen molar-refractivity contribution < 1.29 is 4.79 Å². The first-order valence-corrected chi connectivity index (χ1v) is 6.73. The predicted octanol–water partition coefficient (Wildman–Crippen LogP) is 1.15. The highest BCUT2D eigenvalue weighted by atomic mass is 16.2. The van der Waals surface area contributed by atoms with Gasteiger partial charge in [0.1, 0.15) is 6.33 Å². The summed E-state index contributed by atoms with van der Waals surface area (Å²) in [6.07, 6.45) is 5.01. The minimum atomic E-state index is -0.0745. The van der Waals surface area contributed by atoms with Gasteiger partial charge in [-0.2, -0.15) is 5.10 Å². The summed E-state index contributed by atoms with van der Waals surface area (Å²) >= 11 is 0. The largest absolute Gasteiger partial charge is 0.322 e. The van der Waals surface area contributed by atoms with Crippen molar-refractivity contribution in [2.24, 2.45) is 7.05 Å². The van der Waals surface area contributed by atoms with Crippen LogP contribution in [0.25, 0.3) is 0 Å². The Balaban J connectivity index is 1.94. The van der Waals surface area contributed by atoms with E-state index in [1.165, 1.54) is 6.33 Å². The molecule has 0 saturated heterocycles. The Morgan fingerprint density at radius 3 is 2.86 bits per heavy atom. The second kappa shape index (κ2) is 6.45. The van der Waals surface area contributed by atoms with Crippen LogP contribution in [0.1, 0.15) is 24.4 Å². The lowest BCUT2D eigenvalue weighted by molar-refractivity contribution is -0.117. The van der Waals surface area contributed by atoms with Crippen LogP contribution in [0.15, 0.2) is 24.8 Å². The molecule has 1 atom stereocenters. The molecular formula is C14H20N6O. The van der Waals surface area contributed by atoms with Gasteiger partial charge in [-0.1, -0.05) is 0 Å². The number of aryl methyl sites for hydroxylation is 2. The molecule has 0 bridgehead atoms. The zero-order valence-corrected chi connectivity index (χ0v) is 12.7. The SMILES string of the molecule is Cc1nn(C)cc1NC(=O)CN(C)[C@H](C)c1ccncn1. The number of aromatic nitrogens is 4. The number of amides is 1. The molecule has 7 heteroatoms. The second-order valence-electron chi connectivity index (χ2n) is 5.08. The highest BCUT2D eigenvalue weighted by molar-refractivity contribution is 5.92. The minimum Gasteiger partial charge on any atom is -0.322 e. The van der Waals surface area contributed by atoms with Crippen molar-refractivity contribution in [2.45, 2.75) is 19.9 Å². The summed E-state index contributed by atoms with van der Waals surface area (Å²) < 4.78 is 1.68. The molecule has 112 valence electrons. The van der Waals surface area contributed by atoms with Gasteiger partial charge in [-0.25, -0.2) is 9.97 Å². The van der Waals surface area contributed by atoms with Crippen LogP contribution in [0.2, 0.25) is 0 Å². The molecule has 2 heterocycles. The standard InChI is InChI=1S/C14H20N6O/c1-10-13(7-20(4)18-10)17-14(21)8-19(3)11(2)12-5-6-15-9-16-12/h5-7,9,11H,8H2,1-4H3,(H,17,21)/t11-/m1/s1. The number of carbonyl (C=O) groups is 1. The molecule has 0 aliphatic rings. The van der Waals surface area contributed by atoms with Crippen LogP contribution in [0.3, 0.4) is 0 Å². The molecule has 0 radical (unpaired) electrons. The number of nitrogens with one attached hydrogen (secondary N) is 1. The molecule has 2 aromatic heterocycles. The lowest BCUT2D eigenvalue weighted by Gasteiger charge is -2.23. The van der Waals surface area contributed by atoms with Crippen molar-refractivity contribution in [3.05, 3.63) is 36.2 Å². The predicted molar refractivity (Wildman–Crippen MR) is 79.7 cm³/mol. The lowest BCUT2D eigenvalue weighted by Crippen LogP contribution is -2.32. The van der Waals surface area contributed by atoms with Crippen molar-refractivity contribution in [1.82, 2.24) is 24.6 Å². The van der Waals surface area contributed by atoms with Crippen molar-refractivity contribution >= 4 is 11.6 Å². The summed E-state index contributed by atoms with van der Waals surface area (Å²) in [7, 11) is 3.72. The number of hydrogen-bond donors (Lipinski definition) is 1. The van der Waals surface area contributed by atoms with E-state index in [4.69, 9.17) is 0 Å². The van der Waals surface area contributed by atoms with Crippen molar-refractivity contribution in [3.8, 4) is 0 Å². The third kappa shape index (κ3) is 3.85. The Bertz CT molecular complexity index is 609. The van der Waals surface area contributed by atoms with Gasteiger partial charge in [0.05, 0.1) is 23.6 Å². The van der Waals surface area contributed by atoms with Gasteiger partial charge in [-0.3, -0.25) is 14.4 Å². The van der Waals surface area contributed by atoms with Crippen LogP contribution in [-0.4, -0.2) is 44.1 Å². The number of carbonyl (C=O) groups excluding carboxylic acids is 1. The van der Waals surface area contributed by atoms with Gasteiger partial charge >= 0.3 is 0 Å². The summed E-state index contributed by atoms with van der Waals surface area (Å²) in [5.74, 6) is -0.0745. The van der Waals surface area contributed by atoms with Crippen molar-refractivity contribution in [2.75, 3.05) is 18.9 Å². The molecule has 0 aliphatic heterocycles. The van der Waals surface area contributed by atoms with Crippen molar-refractivity contribution in [1.29, 1.82) is 0 Å². The van der Waals surface area contributed by atoms with E-state index in [1.54, 1.807) is 17.1 Å². The smallest absolute Gasteiger partial charge is 0.238 e. The van der Waals surface area contributed by atoms with Crippen LogP contribution >= 0.6 is 0 Å². The van der Waals surface area contributed by atoms with Gasteiger partial charge < -0.3 is 5.32 Å². The average Bonchev–Trinajstić information content (AvgIpc) is 2.76. The molecule has 1 N–H and O–H groups in total. The minimum absolute atomic E-state index is 0.0359. The lowest BCUT2D eigenvalue weighted by atomic mass is 10.2. The highest BCUT2D eigenvalue weighted by Gasteiger charge is 2.16. The summed E-state index contributed by atoms with van der Waals surface area (Å²) in [5.41, 5.74) is 2.43. The molecule has 0 spiro atoms. The zero-order valence-electron chi connectivity index (χ0n) is 12.7. The van der Waals surface area contributed by atoms with Gasteiger partial charge in [0, 0.05) is 25.5 Å².